The summed E-state index contributed by atoms with van der Waals surface area (Å²) in [6.45, 7) is 7.46. The van der Waals surface area contributed by atoms with Gasteiger partial charge in [-0.3, -0.25) is 4.79 Å². The molecule has 0 bridgehead atoms. The van der Waals surface area contributed by atoms with Gasteiger partial charge in [-0.1, -0.05) is 22.9 Å². The molecule has 3 aromatic rings. The van der Waals surface area contributed by atoms with Gasteiger partial charge in [-0.15, -0.1) is 0 Å². The number of ether oxygens (including phenoxy) is 3. The van der Waals surface area contributed by atoms with Crippen LogP contribution in [0.15, 0.2) is 49.2 Å². The van der Waals surface area contributed by atoms with Gasteiger partial charge in [-0.2, -0.15) is 9.78 Å². The van der Waals surface area contributed by atoms with Crippen LogP contribution in [0, 0.1) is 0 Å². The van der Waals surface area contributed by atoms with E-state index in [0.717, 1.165) is 4.47 Å². The van der Waals surface area contributed by atoms with Crippen molar-refractivity contribution in [3.8, 4) is 11.5 Å². The second kappa shape index (κ2) is 11.6. The van der Waals surface area contributed by atoms with E-state index < -0.39 is 5.97 Å². The van der Waals surface area contributed by atoms with E-state index in [1.165, 1.54) is 4.68 Å². The van der Waals surface area contributed by atoms with Crippen LogP contribution in [0.3, 0.4) is 0 Å². The van der Waals surface area contributed by atoms with Crippen LogP contribution in [-0.2, 0) is 16.0 Å². The maximum absolute atomic E-state index is 13.1. The Morgan fingerprint density at radius 2 is 1.88 bits per heavy atom. The van der Waals surface area contributed by atoms with E-state index >= 15 is 0 Å². The number of carbonyl (C=O) groups is 1. The molecule has 10 heteroatoms. The van der Waals surface area contributed by atoms with Gasteiger partial charge in [0.25, 0.3) is 5.56 Å². The van der Waals surface area contributed by atoms with Gasteiger partial charge in [0.05, 0.1) is 29.8 Å². The van der Waals surface area contributed by atoms with Crippen LogP contribution in [0.2, 0.25) is 0 Å². The monoisotopic (exact) mass is 593 g/mol. The summed E-state index contributed by atoms with van der Waals surface area (Å²) in [4.78, 5) is 29.5. The van der Waals surface area contributed by atoms with Crippen molar-refractivity contribution >= 4 is 54.9 Å². The lowest BCUT2D eigenvalue weighted by molar-refractivity contribution is -0.149. The van der Waals surface area contributed by atoms with Crippen molar-refractivity contribution in [3.05, 3.63) is 61.0 Å². The summed E-state index contributed by atoms with van der Waals surface area (Å²) in [7, 11) is 0. The van der Waals surface area contributed by atoms with Crippen LogP contribution in [-0.4, -0.2) is 41.2 Å². The normalized spacial score (nSPS) is 11.4. The molecule has 0 atom stereocenters. The highest BCUT2D eigenvalue weighted by atomic mass is 79.9. The second-order valence-corrected chi connectivity index (χ2v) is 9.26. The van der Waals surface area contributed by atoms with Crippen LogP contribution < -0.4 is 15.0 Å². The van der Waals surface area contributed by atoms with Gasteiger partial charge in [-0.05, 0) is 67.0 Å². The lowest BCUT2D eigenvalue weighted by Gasteiger charge is -2.14. The van der Waals surface area contributed by atoms with Crippen LogP contribution in [0.1, 0.15) is 39.1 Å². The average molecular weight is 595 g/mol. The van der Waals surface area contributed by atoms with Gasteiger partial charge in [-0.25, -0.2) is 9.78 Å². The molecule has 8 nitrogen and oxygen atoms in total. The van der Waals surface area contributed by atoms with Crippen molar-refractivity contribution in [1.82, 2.24) is 9.66 Å². The highest BCUT2D eigenvalue weighted by Gasteiger charge is 2.14. The van der Waals surface area contributed by atoms with Crippen molar-refractivity contribution in [2.45, 2.75) is 40.2 Å². The molecule has 2 aromatic carbocycles. The van der Waals surface area contributed by atoms with Crippen molar-refractivity contribution < 1.29 is 19.0 Å². The van der Waals surface area contributed by atoms with E-state index in [1.54, 1.807) is 44.3 Å². The first-order valence-corrected chi connectivity index (χ1v) is 12.4. The van der Waals surface area contributed by atoms with Crippen LogP contribution in [0.25, 0.3) is 10.9 Å². The number of benzene rings is 2. The van der Waals surface area contributed by atoms with E-state index in [4.69, 9.17) is 14.2 Å². The summed E-state index contributed by atoms with van der Waals surface area (Å²) in [5, 5.41) is 4.89. The molecule has 0 spiro atoms. The largest absolute Gasteiger partial charge is 0.490 e. The maximum Gasteiger partial charge on any atom is 0.344 e. The molecule has 0 fully saturated rings. The third kappa shape index (κ3) is 6.24. The second-order valence-electron chi connectivity index (χ2n) is 7.49. The Kier molecular flexibility index (Phi) is 8.84. The summed E-state index contributed by atoms with van der Waals surface area (Å²) < 4.78 is 19.2. The fourth-order valence-corrected chi connectivity index (χ4v) is 3.91. The lowest BCUT2D eigenvalue weighted by atomic mass is 10.2. The fourth-order valence-electron chi connectivity index (χ4n) is 3.13. The number of halogens is 2. The minimum absolute atomic E-state index is 0.227. The highest BCUT2D eigenvalue weighted by Crippen LogP contribution is 2.33. The minimum Gasteiger partial charge on any atom is -0.490 e. The Labute approximate surface area is 214 Å². The SMILES string of the molecule is CCOc1cc(C=Nn2c(CC)nc3ccc(Br)cc3c2=O)c(Br)cc1OCC(=O)OC(C)C. The molecule has 0 amide bonds. The predicted molar refractivity (Wildman–Crippen MR) is 138 cm³/mol. The van der Waals surface area contributed by atoms with Crippen molar-refractivity contribution in [2.75, 3.05) is 13.2 Å². The summed E-state index contributed by atoms with van der Waals surface area (Å²) in [6, 6.07) is 8.79. The van der Waals surface area contributed by atoms with Gasteiger partial charge in [0, 0.05) is 20.9 Å². The number of hydrogen-bond donors (Lipinski definition) is 0. The van der Waals surface area contributed by atoms with Crippen LogP contribution in [0.5, 0.6) is 11.5 Å². The molecule has 1 heterocycles. The number of hydrogen-bond acceptors (Lipinski definition) is 7. The molecule has 0 aliphatic rings. The van der Waals surface area contributed by atoms with E-state index in [1.807, 2.05) is 19.9 Å². The molecule has 34 heavy (non-hydrogen) atoms. The first-order chi connectivity index (χ1) is 16.2. The van der Waals surface area contributed by atoms with Crippen LogP contribution in [0.4, 0.5) is 0 Å². The Hall–Kier alpha value is -2.72. The Morgan fingerprint density at radius 3 is 2.56 bits per heavy atom. The Bertz CT molecular complexity index is 1290. The van der Waals surface area contributed by atoms with Crippen molar-refractivity contribution in [2.24, 2.45) is 5.10 Å². The molecule has 0 unspecified atom stereocenters. The van der Waals surface area contributed by atoms with Gasteiger partial charge in [0.1, 0.15) is 5.82 Å². The zero-order chi connectivity index (χ0) is 24.8. The number of aryl methyl sites for hydroxylation is 1. The zero-order valence-electron chi connectivity index (χ0n) is 19.3. The molecule has 0 aliphatic carbocycles. The van der Waals surface area contributed by atoms with E-state index in [9.17, 15) is 9.59 Å². The van der Waals surface area contributed by atoms with Gasteiger partial charge >= 0.3 is 5.97 Å². The van der Waals surface area contributed by atoms with E-state index in [-0.39, 0.29) is 18.3 Å². The summed E-state index contributed by atoms with van der Waals surface area (Å²) in [5.74, 6) is 0.894. The quantitative estimate of drug-likeness (QED) is 0.253. The molecule has 180 valence electrons. The smallest absolute Gasteiger partial charge is 0.344 e. The van der Waals surface area contributed by atoms with E-state index in [0.29, 0.717) is 51.3 Å². The molecule has 0 N–H and O–H groups in total. The summed E-state index contributed by atoms with van der Waals surface area (Å²) in [5.41, 5.74) is 1.02. The molecule has 1 aromatic heterocycles. The van der Waals surface area contributed by atoms with Crippen molar-refractivity contribution in [1.29, 1.82) is 0 Å². The third-order valence-electron chi connectivity index (χ3n) is 4.58. The van der Waals surface area contributed by atoms with Crippen LogP contribution >= 0.6 is 31.9 Å². The minimum atomic E-state index is -0.471. The summed E-state index contributed by atoms with van der Waals surface area (Å²) in [6.07, 6.45) is 1.86. The third-order valence-corrected chi connectivity index (χ3v) is 5.76. The zero-order valence-corrected chi connectivity index (χ0v) is 22.5. The highest BCUT2D eigenvalue weighted by molar-refractivity contribution is 9.10. The Balaban J connectivity index is 1.96. The number of aromatic nitrogens is 2. The molecule has 0 radical (unpaired) electrons. The lowest BCUT2D eigenvalue weighted by Crippen LogP contribution is -2.22. The first-order valence-electron chi connectivity index (χ1n) is 10.8. The standard InChI is InChI=1S/C24H25Br2N3O5/c1-5-22-28-19-8-7-16(25)10-17(19)24(31)29(22)27-12-15-9-20(32-6-2)21(11-18(15)26)33-13-23(30)34-14(3)4/h7-12,14H,5-6,13H2,1-4H3. The van der Waals surface area contributed by atoms with Gasteiger partial charge in [0.2, 0.25) is 0 Å². The average Bonchev–Trinajstić information content (AvgIpc) is 2.79. The summed E-state index contributed by atoms with van der Waals surface area (Å²) >= 11 is 6.90. The predicted octanol–water partition coefficient (Wildman–Crippen LogP) is 5.10. The van der Waals surface area contributed by atoms with Gasteiger partial charge in [0.15, 0.2) is 18.1 Å². The first kappa shape index (κ1) is 25.9. The maximum atomic E-state index is 13.1. The molecule has 3 rings (SSSR count). The molecular formula is C24H25Br2N3O5. The fraction of sp³-hybridized carbons (Fsp3) is 0.333. The van der Waals surface area contributed by atoms with E-state index in [2.05, 4.69) is 41.9 Å². The van der Waals surface area contributed by atoms with Gasteiger partial charge < -0.3 is 14.2 Å². The Morgan fingerprint density at radius 1 is 1.15 bits per heavy atom. The molecule has 0 aliphatic heterocycles. The number of nitrogens with zero attached hydrogens (tertiary/aromatic N) is 3. The number of fused-ring (bicyclic) bond motifs is 1. The number of carbonyl (C=O) groups excluding carboxylic acids is 1. The molecule has 0 saturated heterocycles. The number of rotatable bonds is 9. The van der Waals surface area contributed by atoms with Crippen molar-refractivity contribution in [3.63, 3.8) is 0 Å². The molecular weight excluding hydrogens is 570 g/mol. The number of esters is 1. The molecule has 0 saturated carbocycles. The topological polar surface area (TPSA) is 92.0 Å².